The SMILES string of the molecule is COCC1COC(c2ccc3c(F)c(CCc4ccc(F)c(F)c4)ccc3c2)OC1. The van der Waals surface area contributed by atoms with Gasteiger partial charge in [-0.2, -0.15) is 0 Å². The molecule has 3 aromatic rings. The normalized spacial score (nSPS) is 19.3. The number of rotatable bonds is 6. The Morgan fingerprint density at radius 3 is 2.43 bits per heavy atom. The lowest BCUT2D eigenvalue weighted by molar-refractivity contribution is -0.210. The van der Waals surface area contributed by atoms with Gasteiger partial charge in [0, 0.05) is 24.0 Å². The first-order valence-corrected chi connectivity index (χ1v) is 9.92. The molecule has 158 valence electrons. The highest BCUT2D eigenvalue weighted by molar-refractivity contribution is 5.84. The third-order valence-corrected chi connectivity index (χ3v) is 5.37. The first kappa shape index (κ1) is 20.8. The minimum absolute atomic E-state index is 0.210. The lowest BCUT2D eigenvalue weighted by Crippen LogP contribution is -2.29. The highest BCUT2D eigenvalue weighted by atomic mass is 19.2. The zero-order valence-electron chi connectivity index (χ0n) is 16.7. The third kappa shape index (κ3) is 4.51. The van der Waals surface area contributed by atoms with Crippen LogP contribution in [0.25, 0.3) is 10.8 Å². The average Bonchev–Trinajstić information content (AvgIpc) is 2.76. The van der Waals surface area contributed by atoms with Crippen LogP contribution in [0.4, 0.5) is 13.2 Å². The van der Waals surface area contributed by atoms with Gasteiger partial charge in [0.1, 0.15) is 5.82 Å². The molecule has 3 nitrogen and oxygen atoms in total. The number of hydrogen-bond donors (Lipinski definition) is 0. The van der Waals surface area contributed by atoms with Crippen molar-refractivity contribution in [2.45, 2.75) is 19.1 Å². The number of fused-ring (bicyclic) bond motifs is 1. The third-order valence-electron chi connectivity index (χ3n) is 5.37. The maximum atomic E-state index is 15.0. The summed E-state index contributed by atoms with van der Waals surface area (Å²) in [7, 11) is 1.65. The van der Waals surface area contributed by atoms with E-state index in [-0.39, 0.29) is 11.7 Å². The van der Waals surface area contributed by atoms with Gasteiger partial charge < -0.3 is 14.2 Å². The van der Waals surface area contributed by atoms with Crippen LogP contribution < -0.4 is 0 Å². The second-order valence-electron chi connectivity index (χ2n) is 7.59. The molecule has 0 bridgehead atoms. The molecule has 0 aromatic heterocycles. The van der Waals surface area contributed by atoms with Gasteiger partial charge in [0.05, 0.1) is 19.8 Å². The number of halogens is 3. The fourth-order valence-corrected chi connectivity index (χ4v) is 3.74. The minimum atomic E-state index is -0.889. The fraction of sp³-hybridized carbons (Fsp3) is 0.333. The lowest BCUT2D eigenvalue weighted by atomic mass is 9.99. The van der Waals surface area contributed by atoms with E-state index >= 15 is 4.39 Å². The molecule has 0 saturated carbocycles. The van der Waals surface area contributed by atoms with Crippen LogP contribution in [0.5, 0.6) is 0 Å². The van der Waals surface area contributed by atoms with Crippen molar-refractivity contribution in [3.8, 4) is 0 Å². The number of ether oxygens (including phenoxy) is 3. The Morgan fingerprint density at radius 1 is 0.900 bits per heavy atom. The second-order valence-corrected chi connectivity index (χ2v) is 7.59. The molecule has 6 heteroatoms. The van der Waals surface area contributed by atoms with E-state index in [1.807, 2.05) is 18.2 Å². The van der Waals surface area contributed by atoms with Crippen molar-refractivity contribution in [1.82, 2.24) is 0 Å². The quantitative estimate of drug-likeness (QED) is 0.542. The van der Waals surface area contributed by atoms with E-state index < -0.39 is 17.9 Å². The van der Waals surface area contributed by atoms with Crippen LogP contribution in [-0.2, 0) is 27.1 Å². The summed E-state index contributed by atoms with van der Waals surface area (Å²) >= 11 is 0. The van der Waals surface area contributed by atoms with Gasteiger partial charge in [0.2, 0.25) is 0 Å². The molecule has 1 heterocycles. The number of methoxy groups -OCH3 is 1. The molecule has 0 radical (unpaired) electrons. The van der Waals surface area contributed by atoms with Gasteiger partial charge in [-0.25, -0.2) is 13.2 Å². The van der Waals surface area contributed by atoms with E-state index in [2.05, 4.69) is 0 Å². The molecule has 4 rings (SSSR count). The van der Waals surface area contributed by atoms with Crippen molar-refractivity contribution < 1.29 is 27.4 Å². The molecule has 0 atom stereocenters. The summed E-state index contributed by atoms with van der Waals surface area (Å²) in [5, 5.41) is 1.27. The highest BCUT2D eigenvalue weighted by Crippen LogP contribution is 2.30. The van der Waals surface area contributed by atoms with Gasteiger partial charge in [0.25, 0.3) is 0 Å². The van der Waals surface area contributed by atoms with Crippen molar-refractivity contribution in [3.63, 3.8) is 0 Å². The molecule has 0 spiro atoms. The van der Waals surface area contributed by atoms with Crippen LogP contribution >= 0.6 is 0 Å². The van der Waals surface area contributed by atoms with Crippen molar-refractivity contribution in [1.29, 1.82) is 0 Å². The molecule has 0 N–H and O–H groups in total. The Bertz CT molecular complexity index is 1030. The van der Waals surface area contributed by atoms with Crippen molar-refractivity contribution in [2.75, 3.05) is 26.9 Å². The van der Waals surface area contributed by atoms with E-state index in [0.717, 1.165) is 23.1 Å². The predicted molar refractivity (Wildman–Crippen MR) is 108 cm³/mol. The van der Waals surface area contributed by atoms with Gasteiger partial charge >= 0.3 is 0 Å². The molecule has 0 aliphatic carbocycles. The smallest absolute Gasteiger partial charge is 0.183 e. The molecule has 0 amide bonds. The van der Waals surface area contributed by atoms with E-state index in [1.54, 1.807) is 19.2 Å². The first-order valence-electron chi connectivity index (χ1n) is 9.92. The van der Waals surface area contributed by atoms with Gasteiger partial charge in [-0.3, -0.25) is 0 Å². The van der Waals surface area contributed by atoms with Crippen LogP contribution in [0.2, 0.25) is 0 Å². The maximum Gasteiger partial charge on any atom is 0.183 e. The topological polar surface area (TPSA) is 27.7 Å². The van der Waals surface area contributed by atoms with Crippen LogP contribution in [0.1, 0.15) is 23.0 Å². The van der Waals surface area contributed by atoms with Crippen molar-refractivity contribution in [2.24, 2.45) is 5.92 Å². The largest absolute Gasteiger partial charge is 0.384 e. The predicted octanol–water partition coefficient (Wildman–Crippen LogP) is 5.35. The molecule has 30 heavy (non-hydrogen) atoms. The molecule has 3 aromatic carbocycles. The molecule has 1 saturated heterocycles. The number of benzene rings is 3. The zero-order chi connectivity index (χ0) is 21.1. The summed E-state index contributed by atoms with van der Waals surface area (Å²) in [6.07, 6.45) is 0.340. The van der Waals surface area contributed by atoms with Crippen LogP contribution in [0, 0.1) is 23.4 Å². The maximum absolute atomic E-state index is 15.0. The highest BCUT2D eigenvalue weighted by Gasteiger charge is 2.24. The Balaban J connectivity index is 1.48. The zero-order valence-corrected chi connectivity index (χ0v) is 16.7. The van der Waals surface area contributed by atoms with Gasteiger partial charge in [-0.15, -0.1) is 0 Å². The number of hydrogen-bond acceptors (Lipinski definition) is 3. The monoisotopic (exact) mass is 416 g/mol. The summed E-state index contributed by atoms with van der Waals surface area (Å²) in [5.41, 5.74) is 2.00. The minimum Gasteiger partial charge on any atom is -0.384 e. The van der Waals surface area contributed by atoms with E-state index in [9.17, 15) is 8.78 Å². The summed E-state index contributed by atoms with van der Waals surface area (Å²) in [6.45, 7) is 1.69. The lowest BCUT2D eigenvalue weighted by Gasteiger charge is -2.29. The van der Waals surface area contributed by atoms with Crippen LogP contribution in [0.15, 0.2) is 48.5 Å². The average molecular weight is 416 g/mol. The molecular formula is C24H23F3O3. The van der Waals surface area contributed by atoms with Crippen LogP contribution in [0.3, 0.4) is 0 Å². The van der Waals surface area contributed by atoms with E-state index in [4.69, 9.17) is 14.2 Å². The Morgan fingerprint density at radius 2 is 1.70 bits per heavy atom. The standard InChI is InChI=1S/C24H23F3O3/c1-28-12-16-13-29-24(30-14-16)19-7-8-20-18(11-19)6-5-17(23(20)27)4-2-15-3-9-21(25)22(26)10-15/h3,5-11,16,24H,2,4,12-14H2,1H3. The van der Waals surface area contributed by atoms with Gasteiger partial charge in [-0.1, -0.05) is 30.3 Å². The molecule has 1 aliphatic heterocycles. The Hall–Kier alpha value is -2.41. The Kier molecular flexibility index (Phi) is 6.37. The van der Waals surface area contributed by atoms with E-state index in [1.165, 1.54) is 6.07 Å². The summed E-state index contributed by atoms with van der Waals surface area (Å²) in [4.78, 5) is 0. The Labute approximate surface area is 173 Å². The van der Waals surface area contributed by atoms with Crippen LogP contribution in [-0.4, -0.2) is 26.9 Å². The van der Waals surface area contributed by atoms with Crippen molar-refractivity contribution in [3.05, 3.63) is 82.7 Å². The first-order chi connectivity index (χ1) is 14.5. The van der Waals surface area contributed by atoms with Gasteiger partial charge in [0.15, 0.2) is 17.9 Å². The fourth-order valence-electron chi connectivity index (χ4n) is 3.74. The summed E-state index contributed by atoms with van der Waals surface area (Å²) in [6, 6.07) is 12.8. The van der Waals surface area contributed by atoms with E-state index in [0.29, 0.717) is 49.2 Å². The summed E-state index contributed by atoms with van der Waals surface area (Å²) in [5.74, 6) is -1.86. The summed E-state index contributed by atoms with van der Waals surface area (Å²) < 4.78 is 58.1. The molecule has 0 unspecified atom stereocenters. The van der Waals surface area contributed by atoms with Crippen molar-refractivity contribution >= 4 is 10.8 Å². The number of aryl methyl sites for hydroxylation is 2. The van der Waals surface area contributed by atoms with Gasteiger partial charge in [-0.05, 0) is 47.6 Å². The molecule has 1 fully saturated rings. The molecule has 1 aliphatic rings. The molecular weight excluding hydrogens is 393 g/mol. The second kappa shape index (κ2) is 9.16.